The fourth-order valence-electron chi connectivity index (χ4n) is 1.58. The second kappa shape index (κ2) is 8.58. The van der Waals surface area contributed by atoms with Gasteiger partial charge in [-0.05, 0) is 38.1 Å². The molecule has 0 N–H and O–H groups in total. The molecule has 0 unspecified atom stereocenters. The number of hydrogen-bond donors (Lipinski definition) is 0. The van der Waals surface area contributed by atoms with Gasteiger partial charge in [0.15, 0.2) is 0 Å². The van der Waals surface area contributed by atoms with Gasteiger partial charge in [0.2, 0.25) is 10.0 Å². The van der Waals surface area contributed by atoms with Gasteiger partial charge in [-0.15, -0.1) is 11.6 Å². The van der Waals surface area contributed by atoms with Crippen LogP contribution in [-0.2, 0) is 14.8 Å². The molecule has 0 amide bonds. The van der Waals surface area contributed by atoms with Crippen molar-refractivity contribution >= 4 is 21.6 Å². The largest absolute Gasteiger partial charge is 0.492 e. The maximum absolute atomic E-state index is 12.3. The maximum Gasteiger partial charge on any atom is 0.242 e. The number of hydrogen-bond acceptors (Lipinski definition) is 4. The number of sulfonamides is 1. The van der Waals surface area contributed by atoms with Crippen LogP contribution in [0.1, 0.15) is 13.8 Å². The van der Waals surface area contributed by atoms with E-state index in [4.69, 9.17) is 21.1 Å². The Hall–Kier alpha value is -0.820. The van der Waals surface area contributed by atoms with Crippen molar-refractivity contribution in [1.29, 1.82) is 0 Å². The quantitative estimate of drug-likeness (QED) is 0.650. The lowest BCUT2D eigenvalue weighted by Crippen LogP contribution is -2.30. The number of alkyl halides is 1. The molecule has 0 saturated heterocycles. The Morgan fingerprint density at radius 3 is 2.33 bits per heavy atom. The molecule has 0 bridgehead atoms. The fraction of sp³-hybridized carbons (Fsp3) is 0.571. The van der Waals surface area contributed by atoms with Crippen molar-refractivity contribution in [2.24, 2.45) is 0 Å². The highest BCUT2D eigenvalue weighted by Crippen LogP contribution is 2.18. The second-order valence-electron chi connectivity index (χ2n) is 4.75. The Kier molecular flexibility index (Phi) is 7.45. The van der Waals surface area contributed by atoms with Crippen LogP contribution in [0.5, 0.6) is 5.75 Å². The first-order valence-electron chi connectivity index (χ1n) is 6.74. The Labute approximate surface area is 131 Å². The minimum absolute atomic E-state index is 0.0828. The van der Waals surface area contributed by atoms with Crippen LogP contribution < -0.4 is 4.74 Å². The minimum atomic E-state index is -3.50. The van der Waals surface area contributed by atoms with Crippen molar-refractivity contribution in [3.63, 3.8) is 0 Å². The van der Waals surface area contributed by atoms with Crippen molar-refractivity contribution in [3.05, 3.63) is 24.3 Å². The van der Waals surface area contributed by atoms with E-state index in [1.165, 1.54) is 23.5 Å². The highest BCUT2D eigenvalue weighted by atomic mass is 35.5. The Morgan fingerprint density at radius 2 is 1.81 bits per heavy atom. The van der Waals surface area contributed by atoms with Gasteiger partial charge >= 0.3 is 0 Å². The zero-order chi connectivity index (χ0) is 15.9. The Bertz CT molecular complexity index is 516. The Balaban J connectivity index is 2.68. The molecule has 0 aliphatic heterocycles. The lowest BCUT2D eigenvalue weighted by atomic mass is 10.3. The summed E-state index contributed by atoms with van der Waals surface area (Å²) in [4.78, 5) is 0.229. The van der Waals surface area contributed by atoms with E-state index in [-0.39, 0.29) is 11.0 Å². The molecule has 1 rings (SSSR count). The molecule has 0 fully saturated rings. The van der Waals surface area contributed by atoms with Gasteiger partial charge in [-0.3, -0.25) is 0 Å². The highest BCUT2D eigenvalue weighted by molar-refractivity contribution is 7.89. The van der Waals surface area contributed by atoms with Crippen LogP contribution in [-0.4, -0.2) is 51.5 Å². The number of halogens is 1. The molecule has 120 valence electrons. The first-order valence-corrected chi connectivity index (χ1v) is 8.72. The van der Waals surface area contributed by atoms with Gasteiger partial charge in [0.1, 0.15) is 12.4 Å². The molecular formula is C14H22ClNO4S. The summed E-state index contributed by atoms with van der Waals surface area (Å²) in [6.07, 6.45) is 0.0828. The van der Waals surface area contributed by atoms with Crippen LogP contribution in [0.3, 0.4) is 0 Å². The number of likely N-dealkylation sites (N-methyl/N-ethyl adjacent to an activating group) is 1. The molecule has 7 heteroatoms. The Morgan fingerprint density at radius 1 is 1.19 bits per heavy atom. The zero-order valence-corrected chi connectivity index (χ0v) is 14.2. The minimum Gasteiger partial charge on any atom is -0.492 e. The average molecular weight is 336 g/mol. The van der Waals surface area contributed by atoms with Crippen LogP contribution in [0, 0.1) is 0 Å². The van der Waals surface area contributed by atoms with E-state index in [2.05, 4.69) is 0 Å². The summed E-state index contributed by atoms with van der Waals surface area (Å²) in [6.45, 7) is 4.89. The fourth-order valence-corrected chi connectivity index (χ4v) is 2.81. The summed E-state index contributed by atoms with van der Waals surface area (Å²) < 4.78 is 36.6. The molecule has 0 spiro atoms. The molecule has 21 heavy (non-hydrogen) atoms. The van der Waals surface area contributed by atoms with Gasteiger partial charge < -0.3 is 9.47 Å². The van der Waals surface area contributed by atoms with Crippen molar-refractivity contribution in [1.82, 2.24) is 4.31 Å². The van der Waals surface area contributed by atoms with Gasteiger partial charge in [0.05, 0.1) is 23.5 Å². The molecule has 5 nitrogen and oxygen atoms in total. The monoisotopic (exact) mass is 335 g/mol. The summed E-state index contributed by atoms with van der Waals surface area (Å²) in [5.41, 5.74) is 0. The molecule has 0 heterocycles. The molecule has 1 aromatic rings. The van der Waals surface area contributed by atoms with E-state index in [0.717, 1.165) is 0 Å². The molecular weight excluding hydrogens is 314 g/mol. The van der Waals surface area contributed by atoms with Crippen molar-refractivity contribution in [2.75, 3.05) is 32.7 Å². The lowest BCUT2D eigenvalue weighted by Gasteiger charge is -2.18. The summed E-state index contributed by atoms with van der Waals surface area (Å²) in [5.74, 6) is 0.985. The molecule has 1 aromatic carbocycles. The summed E-state index contributed by atoms with van der Waals surface area (Å²) in [5, 5.41) is 0. The van der Waals surface area contributed by atoms with E-state index in [9.17, 15) is 8.42 Å². The average Bonchev–Trinajstić information content (AvgIpc) is 2.45. The molecule has 0 saturated carbocycles. The standard InChI is InChI=1S/C14H22ClNO4S/c1-12(2)19-11-9-16(3)21(17,18)14-6-4-13(5-7-14)20-10-8-15/h4-7,12H,8-11H2,1-3H3. The molecule has 0 aliphatic rings. The summed E-state index contributed by atoms with van der Waals surface area (Å²) in [6, 6.07) is 6.30. The summed E-state index contributed by atoms with van der Waals surface area (Å²) >= 11 is 5.53. The van der Waals surface area contributed by atoms with Crippen molar-refractivity contribution < 1.29 is 17.9 Å². The van der Waals surface area contributed by atoms with Crippen LogP contribution in [0.4, 0.5) is 0 Å². The maximum atomic E-state index is 12.3. The van der Waals surface area contributed by atoms with Gasteiger partial charge in [0.25, 0.3) is 0 Å². The zero-order valence-electron chi connectivity index (χ0n) is 12.6. The van der Waals surface area contributed by atoms with E-state index in [0.29, 0.717) is 31.4 Å². The molecule has 0 radical (unpaired) electrons. The van der Waals surface area contributed by atoms with Gasteiger partial charge in [-0.25, -0.2) is 8.42 Å². The SMILES string of the molecule is CC(C)OCCN(C)S(=O)(=O)c1ccc(OCCCl)cc1. The first kappa shape index (κ1) is 18.2. The summed E-state index contributed by atoms with van der Waals surface area (Å²) in [7, 11) is -1.96. The smallest absolute Gasteiger partial charge is 0.242 e. The third kappa shape index (κ3) is 5.82. The van der Waals surface area contributed by atoms with Crippen LogP contribution in [0.25, 0.3) is 0 Å². The van der Waals surface area contributed by atoms with E-state index in [1.54, 1.807) is 12.1 Å². The third-order valence-corrected chi connectivity index (χ3v) is 4.76. The predicted molar refractivity (Wildman–Crippen MR) is 83.6 cm³/mol. The second-order valence-corrected chi connectivity index (χ2v) is 7.18. The number of ether oxygens (including phenoxy) is 2. The van der Waals surface area contributed by atoms with Crippen LogP contribution in [0.15, 0.2) is 29.2 Å². The number of nitrogens with zero attached hydrogens (tertiary/aromatic N) is 1. The van der Waals surface area contributed by atoms with Crippen LogP contribution >= 0.6 is 11.6 Å². The molecule has 0 aliphatic carbocycles. The lowest BCUT2D eigenvalue weighted by molar-refractivity contribution is 0.0737. The molecule has 0 aromatic heterocycles. The van der Waals surface area contributed by atoms with Gasteiger partial charge in [-0.1, -0.05) is 0 Å². The van der Waals surface area contributed by atoms with E-state index < -0.39 is 10.0 Å². The van der Waals surface area contributed by atoms with Gasteiger partial charge in [0, 0.05) is 13.6 Å². The first-order chi connectivity index (χ1) is 9.87. The van der Waals surface area contributed by atoms with E-state index in [1.807, 2.05) is 13.8 Å². The highest BCUT2D eigenvalue weighted by Gasteiger charge is 2.20. The van der Waals surface area contributed by atoms with Crippen LogP contribution in [0.2, 0.25) is 0 Å². The van der Waals surface area contributed by atoms with E-state index >= 15 is 0 Å². The normalized spacial score (nSPS) is 12.1. The van der Waals surface area contributed by atoms with Crippen molar-refractivity contribution in [3.8, 4) is 5.75 Å². The van der Waals surface area contributed by atoms with Gasteiger partial charge in [-0.2, -0.15) is 4.31 Å². The third-order valence-electron chi connectivity index (χ3n) is 2.74. The predicted octanol–water partition coefficient (Wildman–Crippen LogP) is 2.35. The van der Waals surface area contributed by atoms with Crippen molar-refractivity contribution in [2.45, 2.75) is 24.8 Å². The number of benzene rings is 1. The number of rotatable bonds is 9. The molecule has 0 atom stereocenters. The topological polar surface area (TPSA) is 55.8 Å².